The highest BCUT2D eigenvalue weighted by molar-refractivity contribution is 5.74. The minimum atomic E-state index is -4.66. The molecule has 30 heavy (non-hydrogen) atoms. The van der Waals surface area contributed by atoms with Crippen LogP contribution in [-0.2, 0) is 10.2 Å². The maximum absolute atomic E-state index is 14.1. The van der Waals surface area contributed by atoms with Crippen molar-refractivity contribution < 1.29 is 27.2 Å². The molecule has 2 heterocycles. The van der Waals surface area contributed by atoms with Gasteiger partial charge < -0.3 is 19.5 Å². The van der Waals surface area contributed by atoms with Gasteiger partial charge in [0.1, 0.15) is 0 Å². The topological polar surface area (TPSA) is 80.5 Å². The number of carbonyl (C=O) groups is 1. The van der Waals surface area contributed by atoms with Crippen molar-refractivity contribution in [3.63, 3.8) is 0 Å². The van der Waals surface area contributed by atoms with Crippen LogP contribution in [0.4, 0.5) is 18.0 Å². The monoisotopic (exact) mass is 424 g/mol. The van der Waals surface area contributed by atoms with Crippen LogP contribution in [0.5, 0.6) is 0 Å². The molecule has 3 rings (SSSR count). The maximum atomic E-state index is 14.1. The predicted octanol–water partition coefficient (Wildman–Crippen LogP) is 3.54. The molecule has 1 aliphatic rings. The molecule has 1 unspecified atom stereocenters. The molecule has 0 saturated carbocycles. The third-order valence-corrected chi connectivity index (χ3v) is 4.96. The number of nitrogens with zero attached hydrogens (tertiary/aromatic N) is 3. The Morgan fingerprint density at radius 2 is 2.10 bits per heavy atom. The number of nitrogens with one attached hydrogen (secondary N) is 1. The van der Waals surface area contributed by atoms with Crippen molar-refractivity contribution in [1.29, 1.82) is 0 Å². The summed E-state index contributed by atoms with van der Waals surface area (Å²) in [6.07, 6.45) is -2.61. The smallest absolute Gasteiger partial charge is 0.379 e. The van der Waals surface area contributed by atoms with Gasteiger partial charge in [0.15, 0.2) is 5.41 Å². The number of urea groups is 1. The fraction of sp³-hybridized carbons (Fsp3) is 0.450. The number of hydrogen-bond acceptors (Lipinski definition) is 5. The molecule has 1 saturated heterocycles. The van der Waals surface area contributed by atoms with E-state index in [-0.39, 0.29) is 31.9 Å². The highest BCUT2D eigenvalue weighted by Crippen LogP contribution is 2.47. The average molecular weight is 424 g/mol. The van der Waals surface area contributed by atoms with Gasteiger partial charge in [-0.1, -0.05) is 41.6 Å². The molecule has 1 aromatic heterocycles. The lowest BCUT2D eigenvalue weighted by Crippen LogP contribution is -2.47. The highest BCUT2D eigenvalue weighted by Gasteiger charge is 2.63. The summed E-state index contributed by atoms with van der Waals surface area (Å²) >= 11 is 0. The van der Waals surface area contributed by atoms with Crippen LogP contribution < -0.4 is 5.32 Å². The van der Waals surface area contributed by atoms with Gasteiger partial charge in [-0.05, 0) is 12.8 Å². The molecule has 1 atom stereocenters. The van der Waals surface area contributed by atoms with Crippen LogP contribution in [0.1, 0.15) is 18.7 Å². The Balaban J connectivity index is 1.68. The second kappa shape index (κ2) is 9.29. The summed E-state index contributed by atoms with van der Waals surface area (Å²) < 4.78 is 52.5. The fourth-order valence-corrected chi connectivity index (χ4v) is 3.24. The Hall–Kier alpha value is -2.88. The lowest BCUT2D eigenvalue weighted by atomic mass is 9.86. The number of rotatable bonds is 8. The summed E-state index contributed by atoms with van der Waals surface area (Å²) in [6, 6.07) is 8.01. The van der Waals surface area contributed by atoms with Gasteiger partial charge in [-0.15, -0.1) is 6.58 Å². The van der Waals surface area contributed by atoms with Crippen LogP contribution in [-0.4, -0.2) is 60.1 Å². The van der Waals surface area contributed by atoms with Crippen molar-refractivity contribution in [2.24, 2.45) is 0 Å². The number of hydrogen-bond donors (Lipinski definition) is 1. The molecule has 10 heteroatoms. The number of likely N-dealkylation sites (tertiary alicyclic amines) is 1. The highest BCUT2D eigenvalue weighted by atomic mass is 19.4. The second-order valence-electron chi connectivity index (χ2n) is 6.96. The number of ether oxygens (including phenoxy) is 1. The molecule has 7 nitrogen and oxygen atoms in total. The lowest BCUT2D eigenvalue weighted by molar-refractivity contribution is -0.193. The van der Waals surface area contributed by atoms with Crippen LogP contribution in [0.3, 0.4) is 0 Å². The summed E-state index contributed by atoms with van der Waals surface area (Å²) in [5.74, 6) is -0.453. The van der Waals surface area contributed by atoms with Crippen LogP contribution in [0.15, 0.2) is 47.5 Å². The SMILES string of the molecule is C=CCCOCCNC(=O)N1CCC(c2nc(-c3ccccc3)no2)(C(F)(F)F)C1. The quantitative estimate of drug-likeness (QED) is 0.518. The third kappa shape index (κ3) is 4.64. The van der Waals surface area contributed by atoms with Gasteiger partial charge in [0, 0.05) is 25.2 Å². The van der Waals surface area contributed by atoms with Crippen molar-refractivity contribution >= 4 is 6.03 Å². The van der Waals surface area contributed by atoms with Gasteiger partial charge in [0.05, 0.1) is 13.2 Å². The van der Waals surface area contributed by atoms with Crippen LogP contribution in [0.25, 0.3) is 11.4 Å². The molecule has 2 aromatic rings. The van der Waals surface area contributed by atoms with Gasteiger partial charge in [-0.3, -0.25) is 0 Å². The van der Waals surface area contributed by atoms with Crippen LogP contribution in [0, 0.1) is 0 Å². The zero-order chi connectivity index (χ0) is 21.6. The first kappa shape index (κ1) is 21.8. The Morgan fingerprint density at radius 1 is 1.33 bits per heavy atom. The standard InChI is InChI=1S/C20H23F3N4O3/c1-2-3-12-29-13-10-24-18(28)27-11-9-19(14-27,20(21,22)23)17-25-16(26-30-17)15-7-5-4-6-8-15/h2,4-8H,1,3,9-14H2,(H,24,28). The Bertz CT molecular complexity index is 856. The second-order valence-corrected chi connectivity index (χ2v) is 6.96. The number of halogens is 3. The van der Waals surface area contributed by atoms with Crippen LogP contribution in [0.2, 0.25) is 0 Å². The maximum Gasteiger partial charge on any atom is 0.405 e. The normalized spacial score (nSPS) is 19.1. The van der Waals surface area contributed by atoms with E-state index in [1.165, 1.54) is 0 Å². The Kier molecular flexibility index (Phi) is 6.76. The molecule has 1 N–H and O–H groups in total. The first-order valence-electron chi connectivity index (χ1n) is 9.55. The summed E-state index contributed by atoms with van der Waals surface area (Å²) in [6.45, 7) is 3.84. The largest absolute Gasteiger partial charge is 0.405 e. The van der Waals surface area contributed by atoms with Crippen LogP contribution >= 0.6 is 0 Å². The van der Waals surface area contributed by atoms with Gasteiger partial charge in [0.25, 0.3) is 0 Å². The Morgan fingerprint density at radius 3 is 2.80 bits per heavy atom. The van der Waals surface area contributed by atoms with Gasteiger partial charge in [0.2, 0.25) is 11.7 Å². The number of benzene rings is 1. The molecular formula is C20H23F3N4O3. The summed E-state index contributed by atoms with van der Waals surface area (Å²) in [7, 11) is 0. The van der Waals surface area contributed by atoms with E-state index in [9.17, 15) is 18.0 Å². The third-order valence-electron chi connectivity index (χ3n) is 4.96. The van der Waals surface area contributed by atoms with E-state index >= 15 is 0 Å². The van der Waals surface area contributed by atoms with Crippen molar-refractivity contribution in [2.75, 3.05) is 32.8 Å². The molecule has 1 aliphatic heterocycles. The molecule has 0 spiro atoms. The van der Waals surface area contributed by atoms with E-state index in [2.05, 4.69) is 22.0 Å². The fourth-order valence-electron chi connectivity index (χ4n) is 3.24. The zero-order valence-corrected chi connectivity index (χ0v) is 16.3. The molecule has 1 aromatic carbocycles. The predicted molar refractivity (Wildman–Crippen MR) is 103 cm³/mol. The lowest BCUT2D eigenvalue weighted by Gasteiger charge is -2.28. The van der Waals surface area contributed by atoms with E-state index < -0.39 is 30.1 Å². The molecule has 2 amide bonds. The van der Waals surface area contributed by atoms with E-state index in [0.717, 1.165) is 4.90 Å². The first-order chi connectivity index (χ1) is 14.4. The summed E-state index contributed by atoms with van der Waals surface area (Å²) in [5.41, 5.74) is -1.85. The molecule has 162 valence electrons. The molecule has 0 bridgehead atoms. The van der Waals surface area contributed by atoms with E-state index in [1.807, 2.05) is 0 Å². The molecular weight excluding hydrogens is 401 g/mol. The number of aromatic nitrogens is 2. The Labute approximate surface area is 171 Å². The molecule has 0 radical (unpaired) electrons. The number of alkyl halides is 3. The minimum Gasteiger partial charge on any atom is -0.379 e. The summed E-state index contributed by atoms with van der Waals surface area (Å²) in [4.78, 5) is 17.4. The van der Waals surface area contributed by atoms with E-state index in [4.69, 9.17) is 9.26 Å². The molecule has 1 fully saturated rings. The minimum absolute atomic E-state index is 0.0776. The summed E-state index contributed by atoms with van der Waals surface area (Å²) in [5, 5.41) is 6.29. The van der Waals surface area contributed by atoms with Gasteiger partial charge in [-0.25, -0.2) is 4.79 Å². The van der Waals surface area contributed by atoms with Gasteiger partial charge >= 0.3 is 12.2 Å². The number of carbonyl (C=O) groups excluding carboxylic acids is 1. The first-order valence-corrected chi connectivity index (χ1v) is 9.55. The van der Waals surface area contributed by atoms with Crippen molar-refractivity contribution in [3.05, 3.63) is 48.9 Å². The van der Waals surface area contributed by atoms with Crippen molar-refractivity contribution in [2.45, 2.75) is 24.4 Å². The van der Waals surface area contributed by atoms with Gasteiger partial charge in [-0.2, -0.15) is 18.2 Å². The van der Waals surface area contributed by atoms with Crippen molar-refractivity contribution in [3.8, 4) is 11.4 Å². The molecule has 0 aliphatic carbocycles. The number of amides is 2. The van der Waals surface area contributed by atoms with E-state index in [1.54, 1.807) is 36.4 Å². The average Bonchev–Trinajstić information content (AvgIpc) is 3.39. The van der Waals surface area contributed by atoms with E-state index in [0.29, 0.717) is 18.6 Å². The van der Waals surface area contributed by atoms with Crippen molar-refractivity contribution in [1.82, 2.24) is 20.4 Å². The zero-order valence-electron chi connectivity index (χ0n) is 16.3.